The predicted octanol–water partition coefficient (Wildman–Crippen LogP) is 16.2. The highest BCUT2D eigenvalue weighted by molar-refractivity contribution is 6.22. The van der Waals surface area contributed by atoms with Crippen molar-refractivity contribution >= 4 is 53.9 Å². The van der Waals surface area contributed by atoms with Crippen molar-refractivity contribution < 1.29 is 0 Å². The Bertz CT molecular complexity index is 3370. The lowest BCUT2D eigenvalue weighted by Gasteiger charge is -2.61. The maximum Gasteiger partial charge on any atom is 0.0272 e. The molecule has 0 heterocycles. The van der Waals surface area contributed by atoms with Crippen LogP contribution in [0.25, 0.3) is 98.4 Å². The van der Waals surface area contributed by atoms with Crippen LogP contribution in [0, 0.1) is 23.7 Å². The third-order valence-corrected chi connectivity index (χ3v) is 15.9. The van der Waals surface area contributed by atoms with Crippen LogP contribution in [0.4, 0.5) is 0 Å². The molecule has 4 fully saturated rings. The van der Waals surface area contributed by atoms with E-state index in [0.29, 0.717) is 0 Å². The SMILES string of the molecule is c1cc(-c2ccc3cc4c(cc3c2)C2(c3cc5ccccc5cc3-4)C3CC4CC(C3)CC2C4)cc(-c2c3ccccc3c(-c3ccc4ccccc4c3)c3ccccc23)c1. The highest BCUT2D eigenvalue weighted by Gasteiger charge is 2.61. The highest BCUT2D eigenvalue weighted by atomic mass is 14.6. The summed E-state index contributed by atoms with van der Waals surface area (Å²) in [7, 11) is 0. The first-order chi connectivity index (χ1) is 29.7. The van der Waals surface area contributed by atoms with Crippen molar-refractivity contribution in [3.63, 3.8) is 0 Å². The summed E-state index contributed by atoms with van der Waals surface area (Å²) < 4.78 is 0. The number of hydrogen-bond donors (Lipinski definition) is 0. The largest absolute Gasteiger partial charge is 0.0616 e. The molecule has 0 radical (unpaired) electrons. The first-order valence-electron chi connectivity index (χ1n) is 22.3. The summed E-state index contributed by atoms with van der Waals surface area (Å²) in [5.74, 6) is 3.33. The molecule has 0 unspecified atom stereocenters. The summed E-state index contributed by atoms with van der Waals surface area (Å²) in [5.41, 5.74) is 14.1. The van der Waals surface area contributed by atoms with E-state index in [-0.39, 0.29) is 5.41 Å². The number of fused-ring (bicyclic) bond motifs is 8. The zero-order valence-electron chi connectivity index (χ0n) is 33.7. The van der Waals surface area contributed by atoms with E-state index >= 15 is 0 Å². The second-order valence-electron chi connectivity index (χ2n) is 18.9. The average Bonchev–Trinajstić information content (AvgIpc) is 3.56. The van der Waals surface area contributed by atoms with Crippen molar-refractivity contribution in [3.8, 4) is 44.5 Å². The van der Waals surface area contributed by atoms with Gasteiger partial charge in [0.05, 0.1) is 0 Å². The third-order valence-electron chi connectivity index (χ3n) is 15.9. The van der Waals surface area contributed by atoms with Gasteiger partial charge in [-0.05, 0) is 208 Å². The Hall–Kier alpha value is -6.50. The molecule has 0 N–H and O–H groups in total. The summed E-state index contributed by atoms with van der Waals surface area (Å²) in [6, 6.07) is 69.8. The zero-order chi connectivity index (χ0) is 39.1. The van der Waals surface area contributed by atoms with E-state index in [2.05, 4.69) is 182 Å². The fraction of sp³-hybridized carbons (Fsp3) is 0.167. The Morgan fingerprint density at radius 2 is 0.717 bits per heavy atom. The maximum absolute atomic E-state index is 2.66. The van der Waals surface area contributed by atoms with Crippen molar-refractivity contribution in [2.75, 3.05) is 0 Å². The van der Waals surface area contributed by atoms with Crippen LogP contribution in [0.5, 0.6) is 0 Å². The molecule has 0 aromatic heterocycles. The van der Waals surface area contributed by atoms with Crippen molar-refractivity contribution in [1.82, 2.24) is 0 Å². The minimum atomic E-state index is 0.132. The molecule has 0 nitrogen and oxygen atoms in total. The lowest BCUT2D eigenvalue weighted by atomic mass is 9.43. The third kappa shape index (κ3) is 4.57. The van der Waals surface area contributed by atoms with Crippen molar-refractivity contribution in [2.24, 2.45) is 23.7 Å². The van der Waals surface area contributed by atoms with Crippen molar-refractivity contribution in [3.05, 3.63) is 193 Å². The van der Waals surface area contributed by atoms with Gasteiger partial charge in [0.25, 0.3) is 0 Å². The van der Waals surface area contributed by atoms with Gasteiger partial charge in [-0.15, -0.1) is 0 Å². The molecule has 0 amide bonds. The van der Waals surface area contributed by atoms with E-state index in [1.54, 1.807) is 11.1 Å². The molecule has 0 aliphatic heterocycles. The van der Waals surface area contributed by atoms with Gasteiger partial charge < -0.3 is 0 Å². The first kappa shape index (κ1) is 33.3. The normalized spacial score (nSPS) is 22.4. The molecular weight excluding hydrogens is 721 g/mol. The van der Waals surface area contributed by atoms with Crippen LogP contribution in [0.1, 0.15) is 43.2 Å². The minimum absolute atomic E-state index is 0.132. The van der Waals surface area contributed by atoms with Gasteiger partial charge in [0.1, 0.15) is 0 Å². The average molecular weight is 765 g/mol. The standard InChI is InChI=1S/C60H44/c1-2-11-39-29-46(23-20-38(39)10-1)59-52-18-7-5-16-50(52)58(51-17-6-8-19-53(51)59)45-15-9-14-40(30-45)43-21-22-44-33-55-54-32-41-12-3-4-13-42(41)34-56(54)60(57(55)35-47(44)31-43)48-25-36-24-37(27-48)28-49(60)26-36/h1-23,29-37,48-49H,24-28H2. The van der Waals surface area contributed by atoms with Crippen LogP contribution in [0.3, 0.4) is 0 Å². The molecule has 0 heteroatoms. The van der Waals surface area contributed by atoms with Crippen LogP contribution in [0.2, 0.25) is 0 Å². The molecule has 1 spiro atoms. The second-order valence-corrected chi connectivity index (χ2v) is 18.9. The number of benzene rings is 10. The fourth-order valence-electron chi connectivity index (χ4n) is 13.7. The Balaban J connectivity index is 0.934. The molecule has 0 atom stereocenters. The predicted molar refractivity (Wildman–Crippen MR) is 254 cm³/mol. The minimum Gasteiger partial charge on any atom is -0.0616 e. The van der Waals surface area contributed by atoms with Gasteiger partial charge >= 0.3 is 0 Å². The summed E-state index contributed by atoms with van der Waals surface area (Å²) in [6.07, 6.45) is 7.07. The Kier molecular flexibility index (Phi) is 6.82. The molecule has 5 aliphatic rings. The van der Waals surface area contributed by atoms with Crippen LogP contribution in [-0.2, 0) is 5.41 Å². The zero-order valence-corrected chi connectivity index (χ0v) is 33.7. The molecule has 0 saturated heterocycles. The quantitative estimate of drug-likeness (QED) is 0.157. The van der Waals surface area contributed by atoms with Gasteiger partial charge in [0, 0.05) is 5.41 Å². The van der Waals surface area contributed by atoms with Gasteiger partial charge in [-0.3, -0.25) is 0 Å². The van der Waals surface area contributed by atoms with Gasteiger partial charge in [-0.1, -0.05) is 140 Å². The lowest BCUT2D eigenvalue weighted by molar-refractivity contribution is -0.0398. The van der Waals surface area contributed by atoms with E-state index in [4.69, 9.17) is 0 Å². The van der Waals surface area contributed by atoms with Crippen molar-refractivity contribution in [1.29, 1.82) is 0 Å². The smallest absolute Gasteiger partial charge is 0.0272 e. The van der Waals surface area contributed by atoms with Gasteiger partial charge in [0.2, 0.25) is 0 Å². The summed E-state index contributed by atoms with van der Waals surface area (Å²) in [6.45, 7) is 0. The highest BCUT2D eigenvalue weighted by Crippen LogP contribution is 2.70. The summed E-state index contributed by atoms with van der Waals surface area (Å²) >= 11 is 0. The van der Waals surface area contributed by atoms with E-state index in [0.717, 1.165) is 23.7 Å². The fourth-order valence-corrected chi connectivity index (χ4v) is 13.7. The van der Waals surface area contributed by atoms with Crippen LogP contribution < -0.4 is 0 Å². The van der Waals surface area contributed by atoms with E-state index in [1.807, 2.05) is 0 Å². The van der Waals surface area contributed by atoms with E-state index in [1.165, 1.54) is 130 Å². The van der Waals surface area contributed by atoms with Crippen LogP contribution in [0.15, 0.2) is 182 Å². The molecule has 10 aromatic carbocycles. The van der Waals surface area contributed by atoms with Crippen LogP contribution >= 0.6 is 0 Å². The molecule has 60 heavy (non-hydrogen) atoms. The molecule has 284 valence electrons. The first-order valence-corrected chi connectivity index (χ1v) is 22.3. The maximum atomic E-state index is 2.66. The summed E-state index contributed by atoms with van der Waals surface area (Å²) in [5, 5.41) is 13.2. The molecular formula is C60H44. The Morgan fingerprint density at radius 3 is 1.33 bits per heavy atom. The lowest BCUT2D eigenvalue weighted by Crippen LogP contribution is -2.55. The summed E-state index contributed by atoms with van der Waals surface area (Å²) in [4.78, 5) is 0. The molecule has 4 saturated carbocycles. The molecule has 15 rings (SSSR count). The Labute approximate surface area is 351 Å². The van der Waals surface area contributed by atoms with Crippen molar-refractivity contribution in [2.45, 2.75) is 37.5 Å². The van der Waals surface area contributed by atoms with E-state index in [9.17, 15) is 0 Å². The molecule has 5 aliphatic carbocycles. The van der Waals surface area contributed by atoms with Gasteiger partial charge in [0.15, 0.2) is 0 Å². The number of hydrogen-bond acceptors (Lipinski definition) is 0. The monoisotopic (exact) mass is 764 g/mol. The molecule has 10 aromatic rings. The second kappa shape index (κ2) is 12.3. The Morgan fingerprint density at radius 1 is 0.300 bits per heavy atom. The van der Waals surface area contributed by atoms with Gasteiger partial charge in [-0.2, -0.15) is 0 Å². The van der Waals surface area contributed by atoms with Gasteiger partial charge in [-0.25, -0.2) is 0 Å². The van der Waals surface area contributed by atoms with Crippen LogP contribution in [-0.4, -0.2) is 0 Å². The molecule has 4 bridgehead atoms. The number of rotatable bonds is 3. The topological polar surface area (TPSA) is 0 Å². The van der Waals surface area contributed by atoms with E-state index < -0.39 is 0 Å².